The Morgan fingerprint density at radius 2 is 1.80 bits per heavy atom. The first-order valence-electron chi connectivity index (χ1n) is 6.87. The minimum absolute atomic E-state index is 0.0331. The van der Waals surface area contributed by atoms with Gasteiger partial charge in [-0.3, -0.25) is 0 Å². The van der Waals surface area contributed by atoms with Gasteiger partial charge < -0.3 is 10.1 Å². The summed E-state index contributed by atoms with van der Waals surface area (Å²) < 4.78 is 42.0. The van der Waals surface area contributed by atoms with Gasteiger partial charge in [0.05, 0.1) is 11.8 Å². The number of rotatable bonds is 7. The Morgan fingerprint density at radius 1 is 1.15 bits per heavy atom. The average Bonchev–Trinajstić information content (AvgIpc) is 2.29. The molecule has 1 aromatic rings. The average molecular weight is 289 g/mol. The molecule has 0 saturated heterocycles. The highest BCUT2D eigenvalue weighted by atomic mass is 19.4. The lowest BCUT2D eigenvalue weighted by atomic mass is 10.1. The summed E-state index contributed by atoms with van der Waals surface area (Å²) in [6, 6.07) is 7.44. The summed E-state index contributed by atoms with van der Waals surface area (Å²) in [5.41, 5.74) is 0.820. The molecule has 20 heavy (non-hydrogen) atoms. The second-order valence-corrected chi connectivity index (χ2v) is 5.22. The first-order valence-corrected chi connectivity index (χ1v) is 6.87. The van der Waals surface area contributed by atoms with Gasteiger partial charge in [0.15, 0.2) is 0 Å². The number of hydrogen-bond acceptors (Lipinski definition) is 2. The lowest BCUT2D eigenvalue weighted by Crippen LogP contribution is -2.18. The van der Waals surface area contributed by atoms with Gasteiger partial charge in [0.2, 0.25) is 0 Å². The van der Waals surface area contributed by atoms with Gasteiger partial charge in [-0.15, -0.1) is 0 Å². The van der Waals surface area contributed by atoms with Crippen LogP contribution in [0, 0.1) is 0 Å². The largest absolute Gasteiger partial charge is 0.489 e. The molecule has 1 aromatic carbocycles. The summed E-state index contributed by atoms with van der Waals surface area (Å²) >= 11 is 0. The molecule has 5 heteroatoms. The molecule has 0 spiro atoms. The summed E-state index contributed by atoms with van der Waals surface area (Å²) in [5, 5.41) is 3.21. The van der Waals surface area contributed by atoms with Crippen molar-refractivity contribution in [1.29, 1.82) is 0 Å². The van der Waals surface area contributed by atoms with Crippen LogP contribution in [0.1, 0.15) is 40.0 Å². The van der Waals surface area contributed by atoms with Crippen LogP contribution in [0.3, 0.4) is 0 Å². The zero-order valence-corrected chi connectivity index (χ0v) is 12.1. The van der Waals surface area contributed by atoms with Crippen LogP contribution in [0.4, 0.5) is 18.9 Å². The highest BCUT2D eigenvalue weighted by Gasteiger charge is 2.26. The fourth-order valence-electron chi connectivity index (χ4n) is 1.89. The summed E-state index contributed by atoms with van der Waals surface area (Å²) in [6.45, 7) is 5.75. The van der Waals surface area contributed by atoms with E-state index in [1.165, 1.54) is 0 Å². The third kappa shape index (κ3) is 6.68. The van der Waals surface area contributed by atoms with Crippen molar-refractivity contribution in [3.8, 4) is 5.75 Å². The van der Waals surface area contributed by atoms with E-state index in [2.05, 4.69) is 5.32 Å². The second kappa shape index (κ2) is 7.41. The Labute approximate surface area is 118 Å². The summed E-state index contributed by atoms with van der Waals surface area (Å²) in [7, 11) is 0. The highest BCUT2D eigenvalue weighted by molar-refractivity contribution is 5.56. The first kappa shape index (κ1) is 16.7. The van der Waals surface area contributed by atoms with Crippen LogP contribution in [-0.4, -0.2) is 18.3 Å². The van der Waals surface area contributed by atoms with Crippen LogP contribution >= 0.6 is 0 Å². The number of hydrogen-bond donors (Lipinski definition) is 1. The lowest BCUT2D eigenvalue weighted by Gasteiger charge is -2.19. The molecule has 0 aliphatic rings. The molecule has 1 rings (SSSR count). The van der Waals surface area contributed by atoms with E-state index in [4.69, 9.17) is 4.74 Å². The van der Waals surface area contributed by atoms with E-state index >= 15 is 0 Å². The van der Waals surface area contributed by atoms with E-state index in [1.807, 2.05) is 45.0 Å². The fraction of sp³-hybridized carbons (Fsp3) is 0.600. The van der Waals surface area contributed by atoms with Crippen LogP contribution in [-0.2, 0) is 0 Å². The Bertz CT molecular complexity index is 404. The monoisotopic (exact) mass is 289 g/mol. The van der Waals surface area contributed by atoms with Gasteiger partial charge >= 0.3 is 6.18 Å². The van der Waals surface area contributed by atoms with E-state index < -0.39 is 12.6 Å². The molecule has 0 fully saturated rings. The predicted octanol–water partition coefficient (Wildman–Crippen LogP) is 5.01. The standard InChI is InChI=1S/C15H22F3NO/c1-11(2)20-14-9-5-4-8-13(14)19-12(3)7-6-10-15(16,17)18/h4-5,8-9,11-12,19H,6-7,10H2,1-3H3. The van der Waals surface area contributed by atoms with Crippen LogP contribution in [0.25, 0.3) is 0 Å². The van der Waals surface area contributed by atoms with Crippen molar-refractivity contribution in [2.24, 2.45) is 0 Å². The van der Waals surface area contributed by atoms with Crippen LogP contribution in [0.2, 0.25) is 0 Å². The van der Waals surface area contributed by atoms with E-state index in [9.17, 15) is 13.2 Å². The lowest BCUT2D eigenvalue weighted by molar-refractivity contribution is -0.135. The molecule has 1 N–H and O–H groups in total. The molecule has 0 aliphatic heterocycles. The number of para-hydroxylation sites is 2. The Kier molecular flexibility index (Phi) is 6.17. The molecule has 0 amide bonds. The number of benzene rings is 1. The van der Waals surface area contributed by atoms with E-state index in [0.717, 1.165) is 11.4 Å². The normalized spacial score (nSPS) is 13.3. The number of halogens is 3. The Balaban J connectivity index is 2.51. The fourth-order valence-corrected chi connectivity index (χ4v) is 1.89. The van der Waals surface area contributed by atoms with Crippen molar-refractivity contribution < 1.29 is 17.9 Å². The van der Waals surface area contributed by atoms with Crippen LogP contribution in [0.5, 0.6) is 5.75 Å². The number of anilines is 1. The molecular weight excluding hydrogens is 267 g/mol. The second-order valence-electron chi connectivity index (χ2n) is 5.22. The quantitative estimate of drug-likeness (QED) is 0.762. The summed E-state index contributed by atoms with van der Waals surface area (Å²) in [4.78, 5) is 0. The Morgan fingerprint density at radius 3 is 2.40 bits per heavy atom. The van der Waals surface area contributed by atoms with Crippen molar-refractivity contribution in [3.05, 3.63) is 24.3 Å². The number of ether oxygens (including phenoxy) is 1. The van der Waals surface area contributed by atoms with Gasteiger partial charge in [-0.25, -0.2) is 0 Å². The zero-order chi connectivity index (χ0) is 15.2. The first-order chi connectivity index (χ1) is 9.28. The van der Waals surface area contributed by atoms with Crippen molar-refractivity contribution in [1.82, 2.24) is 0 Å². The molecule has 0 bridgehead atoms. The van der Waals surface area contributed by atoms with Gasteiger partial charge in [-0.05, 0) is 45.7 Å². The van der Waals surface area contributed by atoms with Gasteiger partial charge in [0.1, 0.15) is 5.75 Å². The van der Waals surface area contributed by atoms with Crippen molar-refractivity contribution in [3.63, 3.8) is 0 Å². The topological polar surface area (TPSA) is 21.3 Å². The molecule has 0 aromatic heterocycles. The zero-order valence-electron chi connectivity index (χ0n) is 12.1. The van der Waals surface area contributed by atoms with Gasteiger partial charge in [-0.2, -0.15) is 13.2 Å². The van der Waals surface area contributed by atoms with E-state index in [0.29, 0.717) is 6.42 Å². The summed E-state index contributed by atoms with van der Waals surface area (Å²) in [5.74, 6) is 0.727. The van der Waals surface area contributed by atoms with Gasteiger partial charge in [0, 0.05) is 12.5 Å². The minimum atomic E-state index is -4.07. The molecule has 0 saturated carbocycles. The molecule has 1 unspecified atom stereocenters. The number of alkyl halides is 3. The molecule has 0 radical (unpaired) electrons. The van der Waals surface area contributed by atoms with Crippen molar-refractivity contribution in [2.45, 2.75) is 58.4 Å². The summed E-state index contributed by atoms with van der Waals surface area (Å²) in [6.07, 6.45) is -4.15. The highest BCUT2D eigenvalue weighted by Crippen LogP contribution is 2.27. The molecule has 114 valence electrons. The van der Waals surface area contributed by atoms with Crippen molar-refractivity contribution in [2.75, 3.05) is 5.32 Å². The van der Waals surface area contributed by atoms with Crippen molar-refractivity contribution >= 4 is 5.69 Å². The smallest absolute Gasteiger partial charge is 0.389 e. The maximum absolute atomic E-state index is 12.1. The maximum atomic E-state index is 12.1. The number of nitrogens with one attached hydrogen (secondary N) is 1. The molecular formula is C15H22F3NO. The van der Waals surface area contributed by atoms with E-state index in [1.54, 1.807) is 0 Å². The molecule has 2 nitrogen and oxygen atoms in total. The molecule has 1 atom stereocenters. The van der Waals surface area contributed by atoms with Crippen LogP contribution in [0.15, 0.2) is 24.3 Å². The van der Waals surface area contributed by atoms with Gasteiger partial charge in [0.25, 0.3) is 0 Å². The predicted molar refractivity (Wildman–Crippen MR) is 75.2 cm³/mol. The molecule has 0 aliphatic carbocycles. The maximum Gasteiger partial charge on any atom is 0.389 e. The third-order valence-electron chi connectivity index (χ3n) is 2.75. The minimum Gasteiger partial charge on any atom is -0.489 e. The van der Waals surface area contributed by atoms with Gasteiger partial charge in [-0.1, -0.05) is 12.1 Å². The third-order valence-corrected chi connectivity index (χ3v) is 2.75. The van der Waals surface area contributed by atoms with E-state index in [-0.39, 0.29) is 18.6 Å². The SMILES string of the molecule is CC(CCCC(F)(F)F)Nc1ccccc1OC(C)C. The van der Waals surface area contributed by atoms with Crippen LogP contribution < -0.4 is 10.1 Å². The Hall–Kier alpha value is -1.39. The molecule has 0 heterocycles.